The first kappa shape index (κ1) is 12.4. The zero-order chi connectivity index (χ0) is 13.0. The zero-order valence-corrected chi connectivity index (χ0v) is 10.7. The number of nitrogens with zero attached hydrogens (tertiary/aromatic N) is 2. The molecule has 0 aliphatic rings. The SMILES string of the molecule is Cc1ccc(CC(=O)NCc2cnn(C)c2)cc1. The van der Waals surface area contributed by atoms with E-state index in [1.807, 2.05) is 44.4 Å². The topological polar surface area (TPSA) is 46.9 Å². The predicted octanol–water partition coefficient (Wildman–Crippen LogP) is 1.59. The lowest BCUT2D eigenvalue weighted by atomic mass is 10.1. The molecule has 0 saturated heterocycles. The molecule has 1 heterocycles. The van der Waals surface area contributed by atoms with Crippen LogP contribution in [0.5, 0.6) is 0 Å². The van der Waals surface area contributed by atoms with Crippen LogP contribution in [-0.4, -0.2) is 15.7 Å². The third-order valence-corrected chi connectivity index (χ3v) is 2.73. The number of carbonyl (C=O) groups excluding carboxylic acids is 1. The largest absolute Gasteiger partial charge is 0.352 e. The maximum atomic E-state index is 11.7. The van der Waals surface area contributed by atoms with Crippen molar-refractivity contribution >= 4 is 5.91 Å². The Labute approximate surface area is 107 Å². The molecule has 2 aromatic rings. The highest BCUT2D eigenvalue weighted by atomic mass is 16.1. The molecule has 0 aliphatic heterocycles. The van der Waals surface area contributed by atoms with Gasteiger partial charge in [-0.1, -0.05) is 29.8 Å². The molecule has 2 rings (SSSR count). The summed E-state index contributed by atoms with van der Waals surface area (Å²) in [5, 5.41) is 6.94. The summed E-state index contributed by atoms with van der Waals surface area (Å²) in [5.41, 5.74) is 3.24. The molecule has 4 nitrogen and oxygen atoms in total. The first-order chi connectivity index (χ1) is 8.63. The molecule has 4 heteroatoms. The van der Waals surface area contributed by atoms with Gasteiger partial charge in [0.25, 0.3) is 0 Å². The normalized spacial score (nSPS) is 10.3. The molecule has 1 amide bonds. The van der Waals surface area contributed by atoms with E-state index in [0.29, 0.717) is 13.0 Å². The third-order valence-electron chi connectivity index (χ3n) is 2.73. The highest BCUT2D eigenvalue weighted by molar-refractivity contribution is 5.78. The van der Waals surface area contributed by atoms with E-state index < -0.39 is 0 Å². The minimum atomic E-state index is 0.0303. The van der Waals surface area contributed by atoms with Crippen LogP contribution in [0.3, 0.4) is 0 Å². The average molecular weight is 243 g/mol. The predicted molar refractivity (Wildman–Crippen MR) is 69.9 cm³/mol. The molecule has 1 N–H and O–H groups in total. The molecule has 1 aromatic carbocycles. The minimum absolute atomic E-state index is 0.0303. The first-order valence-corrected chi connectivity index (χ1v) is 5.93. The summed E-state index contributed by atoms with van der Waals surface area (Å²) in [6.07, 6.45) is 4.07. The maximum Gasteiger partial charge on any atom is 0.224 e. The van der Waals surface area contributed by atoms with Gasteiger partial charge >= 0.3 is 0 Å². The fourth-order valence-electron chi connectivity index (χ4n) is 1.72. The summed E-state index contributed by atoms with van der Waals surface area (Å²) in [7, 11) is 1.86. The van der Waals surface area contributed by atoms with Crippen molar-refractivity contribution in [3.63, 3.8) is 0 Å². The Bertz CT molecular complexity index is 528. The van der Waals surface area contributed by atoms with Gasteiger partial charge in [-0.05, 0) is 12.5 Å². The second kappa shape index (κ2) is 5.49. The monoisotopic (exact) mass is 243 g/mol. The quantitative estimate of drug-likeness (QED) is 0.886. The Balaban J connectivity index is 1.83. The molecule has 0 saturated carbocycles. The Morgan fingerprint density at radius 1 is 1.28 bits per heavy atom. The zero-order valence-electron chi connectivity index (χ0n) is 10.7. The van der Waals surface area contributed by atoms with E-state index in [4.69, 9.17) is 0 Å². The molecular weight excluding hydrogens is 226 g/mol. The van der Waals surface area contributed by atoms with Crippen molar-refractivity contribution in [3.8, 4) is 0 Å². The molecule has 0 aliphatic carbocycles. The number of hydrogen-bond acceptors (Lipinski definition) is 2. The van der Waals surface area contributed by atoms with Gasteiger partial charge in [0.05, 0.1) is 12.6 Å². The maximum absolute atomic E-state index is 11.7. The van der Waals surface area contributed by atoms with Crippen molar-refractivity contribution in [2.24, 2.45) is 7.05 Å². The summed E-state index contributed by atoms with van der Waals surface area (Å²) in [6, 6.07) is 8.01. The van der Waals surface area contributed by atoms with Crippen LogP contribution in [0.4, 0.5) is 0 Å². The van der Waals surface area contributed by atoms with E-state index in [0.717, 1.165) is 11.1 Å². The number of hydrogen-bond donors (Lipinski definition) is 1. The van der Waals surface area contributed by atoms with Gasteiger partial charge in [-0.2, -0.15) is 5.10 Å². The van der Waals surface area contributed by atoms with Crippen molar-refractivity contribution in [1.82, 2.24) is 15.1 Å². The van der Waals surface area contributed by atoms with Gasteiger partial charge in [-0.25, -0.2) is 0 Å². The lowest BCUT2D eigenvalue weighted by molar-refractivity contribution is -0.120. The van der Waals surface area contributed by atoms with Crippen molar-refractivity contribution in [2.75, 3.05) is 0 Å². The van der Waals surface area contributed by atoms with Crippen molar-refractivity contribution in [2.45, 2.75) is 19.9 Å². The van der Waals surface area contributed by atoms with Crippen LogP contribution in [-0.2, 0) is 24.8 Å². The summed E-state index contributed by atoms with van der Waals surface area (Å²) < 4.78 is 1.72. The minimum Gasteiger partial charge on any atom is -0.352 e. The molecule has 0 fully saturated rings. The van der Waals surface area contributed by atoms with Crippen LogP contribution in [0.15, 0.2) is 36.7 Å². The summed E-state index contributed by atoms with van der Waals surface area (Å²) in [4.78, 5) is 11.7. The van der Waals surface area contributed by atoms with Crippen LogP contribution in [0.25, 0.3) is 0 Å². The van der Waals surface area contributed by atoms with Crippen LogP contribution < -0.4 is 5.32 Å². The molecule has 94 valence electrons. The van der Waals surface area contributed by atoms with E-state index in [1.165, 1.54) is 5.56 Å². The Morgan fingerprint density at radius 3 is 2.61 bits per heavy atom. The molecule has 1 aromatic heterocycles. The lowest BCUT2D eigenvalue weighted by Gasteiger charge is -2.04. The Kier molecular flexibility index (Phi) is 3.77. The second-order valence-corrected chi connectivity index (χ2v) is 4.46. The average Bonchev–Trinajstić information content (AvgIpc) is 2.76. The third kappa shape index (κ3) is 3.45. The fourth-order valence-corrected chi connectivity index (χ4v) is 1.72. The molecule has 0 spiro atoms. The highest BCUT2D eigenvalue weighted by Gasteiger charge is 2.03. The molecule has 0 unspecified atom stereocenters. The van der Waals surface area contributed by atoms with Crippen molar-refractivity contribution in [3.05, 3.63) is 53.3 Å². The standard InChI is InChI=1S/C14H17N3O/c1-11-3-5-12(6-4-11)7-14(18)15-8-13-9-16-17(2)10-13/h3-6,9-10H,7-8H2,1-2H3,(H,15,18). The Morgan fingerprint density at radius 2 is 2.00 bits per heavy atom. The van der Waals surface area contributed by atoms with Crippen molar-refractivity contribution < 1.29 is 4.79 Å². The van der Waals surface area contributed by atoms with E-state index in [9.17, 15) is 4.79 Å². The van der Waals surface area contributed by atoms with E-state index in [-0.39, 0.29) is 5.91 Å². The van der Waals surface area contributed by atoms with Gasteiger partial charge in [-0.3, -0.25) is 9.48 Å². The number of carbonyl (C=O) groups is 1. The van der Waals surface area contributed by atoms with Gasteiger partial charge in [0, 0.05) is 25.4 Å². The smallest absolute Gasteiger partial charge is 0.224 e. The Hall–Kier alpha value is -2.10. The molecular formula is C14H17N3O. The van der Waals surface area contributed by atoms with E-state index >= 15 is 0 Å². The van der Waals surface area contributed by atoms with Crippen molar-refractivity contribution in [1.29, 1.82) is 0 Å². The fraction of sp³-hybridized carbons (Fsp3) is 0.286. The van der Waals surface area contributed by atoms with Crippen LogP contribution in [0.2, 0.25) is 0 Å². The lowest BCUT2D eigenvalue weighted by Crippen LogP contribution is -2.24. The molecule has 0 bridgehead atoms. The molecule has 0 radical (unpaired) electrons. The number of aromatic nitrogens is 2. The number of rotatable bonds is 4. The van der Waals surface area contributed by atoms with Crippen LogP contribution in [0, 0.1) is 6.92 Å². The highest BCUT2D eigenvalue weighted by Crippen LogP contribution is 2.04. The van der Waals surface area contributed by atoms with E-state index in [1.54, 1.807) is 10.9 Å². The van der Waals surface area contributed by atoms with Gasteiger partial charge in [0.1, 0.15) is 0 Å². The summed E-state index contributed by atoms with van der Waals surface area (Å²) >= 11 is 0. The van der Waals surface area contributed by atoms with Gasteiger partial charge in [-0.15, -0.1) is 0 Å². The number of nitrogens with one attached hydrogen (secondary N) is 1. The molecule has 18 heavy (non-hydrogen) atoms. The number of benzene rings is 1. The number of aryl methyl sites for hydroxylation is 2. The van der Waals surface area contributed by atoms with Crippen LogP contribution in [0.1, 0.15) is 16.7 Å². The summed E-state index contributed by atoms with van der Waals surface area (Å²) in [5.74, 6) is 0.0303. The second-order valence-electron chi connectivity index (χ2n) is 4.46. The van der Waals surface area contributed by atoms with Crippen LogP contribution >= 0.6 is 0 Å². The number of amides is 1. The van der Waals surface area contributed by atoms with Gasteiger partial charge in [0.2, 0.25) is 5.91 Å². The van der Waals surface area contributed by atoms with Gasteiger partial charge in [0.15, 0.2) is 0 Å². The van der Waals surface area contributed by atoms with E-state index in [2.05, 4.69) is 10.4 Å². The molecule has 0 atom stereocenters. The summed E-state index contributed by atoms with van der Waals surface area (Å²) in [6.45, 7) is 2.56. The van der Waals surface area contributed by atoms with Gasteiger partial charge < -0.3 is 5.32 Å². The first-order valence-electron chi connectivity index (χ1n) is 5.93.